The summed E-state index contributed by atoms with van der Waals surface area (Å²) in [7, 11) is -2.84. The summed E-state index contributed by atoms with van der Waals surface area (Å²) in [6, 6.07) is 1.82. The van der Waals surface area contributed by atoms with Gasteiger partial charge in [-0.05, 0) is 24.6 Å². The number of hydrogen-bond acceptors (Lipinski definition) is 4. The first kappa shape index (κ1) is 15.4. The zero-order chi connectivity index (χ0) is 14.6. The lowest BCUT2D eigenvalue weighted by Crippen LogP contribution is -2.40. The van der Waals surface area contributed by atoms with E-state index in [1.807, 2.05) is 4.72 Å². The number of aliphatic carboxylic acids is 1. The molecule has 1 unspecified atom stereocenters. The van der Waals surface area contributed by atoms with Crippen molar-refractivity contribution in [3.05, 3.63) is 24.0 Å². The molecule has 1 atom stereocenters. The second kappa shape index (κ2) is 5.98. The molecule has 0 heterocycles. The average Bonchev–Trinajstić information content (AvgIpc) is 2.35. The minimum atomic E-state index is -4.09. The highest BCUT2D eigenvalue weighted by atomic mass is 32.2. The molecule has 0 fully saturated rings. The molecule has 106 valence electrons. The standard InChI is InChI=1S/C11H14FNO5S/c1-3-9(11(14)15)13-19(16,17)7-4-5-10(18-2)8(12)6-7/h4-6,9,13H,3H2,1-2H3,(H,14,15). The summed E-state index contributed by atoms with van der Waals surface area (Å²) in [4.78, 5) is 10.4. The maximum Gasteiger partial charge on any atom is 0.321 e. The van der Waals surface area contributed by atoms with Crippen LogP contribution in [0.15, 0.2) is 23.1 Å². The molecule has 0 bridgehead atoms. The monoisotopic (exact) mass is 291 g/mol. The first-order chi connectivity index (χ1) is 8.81. The number of nitrogens with one attached hydrogen (secondary N) is 1. The van der Waals surface area contributed by atoms with Crippen LogP contribution in [0.4, 0.5) is 4.39 Å². The summed E-state index contributed by atoms with van der Waals surface area (Å²) >= 11 is 0. The molecule has 8 heteroatoms. The molecule has 6 nitrogen and oxygen atoms in total. The first-order valence-corrected chi connectivity index (χ1v) is 6.88. The van der Waals surface area contributed by atoms with E-state index < -0.39 is 27.9 Å². The Morgan fingerprint density at radius 3 is 2.58 bits per heavy atom. The van der Waals surface area contributed by atoms with Gasteiger partial charge in [0.25, 0.3) is 0 Å². The largest absolute Gasteiger partial charge is 0.494 e. The van der Waals surface area contributed by atoms with Crippen LogP contribution in [0.1, 0.15) is 13.3 Å². The van der Waals surface area contributed by atoms with E-state index in [4.69, 9.17) is 5.11 Å². The third kappa shape index (κ3) is 3.65. The van der Waals surface area contributed by atoms with Gasteiger partial charge in [-0.2, -0.15) is 4.72 Å². The Hall–Kier alpha value is -1.67. The summed E-state index contributed by atoms with van der Waals surface area (Å²) in [5, 5.41) is 8.80. The summed E-state index contributed by atoms with van der Waals surface area (Å²) in [6.07, 6.45) is 0.0766. The van der Waals surface area contributed by atoms with Crippen molar-refractivity contribution in [1.82, 2.24) is 4.72 Å². The zero-order valence-electron chi connectivity index (χ0n) is 10.4. The number of hydrogen-bond donors (Lipinski definition) is 2. The molecule has 0 saturated carbocycles. The van der Waals surface area contributed by atoms with E-state index in [1.165, 1.54) is 14.0 Å². The molecule has 0 saturated heterocycles. The number of carboxylic acids is 1. The van der Waals surface area contributed by atoms with Gasteiger partial charge in [0, 0.05) is 0 Å². The Labute approximate surface area is 110 Å². The van der Waals surface area contributed by atoms with Crippen molar-refractivity contribution in [2.24, 2.45) is 0 Å². The van der Waals surface area contributed by atoms with Crippen LogP contribution in [0.2, 0.25) is 0 Å². The summed E-state index contributed by atoms with van der Waals surface area (Å²) in [6.45, 7) is 1.52. The second-order valence-corrected chi connectivity index (χ2v) is 5.43. The number of ether oxygens (including phenoxy) is 1. The first-order valence-electron chi connectivity index (χ1n) is 5.40. The Bertz CT molecular complexity index is 572. The van der Waals surface area contributed by atoms with Gasteiger partial charge in [0.15, 0.2) is 11.6 Å². The number of halogens is 1. The third-order valence-electron chi connectivity index (χ3n) is 2.44. The predicted octanol–water partition coefficient (Wildman–Crippen LogP) is 0.976. The smallest absolute Gasteiger partial charge is 0.321 e. The van der Waals surface area contributed by atoms with Crippen LogP contribution in [0, 0.1) is 5.82 Å². The molecular weight excluding hydrogens is 277 g/mol. The lowest BCUT2D eigenvalue weighted by Gasteiger charge is -2.13. The van der Waals surface area contributed by atoms with Gasteiger partial charge in [-0.15, -0.1) is 0 Å². The van der Waals surface area contributed by atoms with Crippen LogP contribution in [-0.2, 0) is 14.8 Å². The number of benzene rings is 1. The van der Waals surface area contributed by atoms with Gasteiger partial charge in [-0.1, -0.05) is 6.92 Å². The highest BCUT2D eigenvalue weighted by molar-refractivity contribution is 7.89. The normalized spacial score (nSPS) is 13.0. The Kier molecular flexibility index (Phi) is 4.84. The van der Waals surface area contributed by atoms with E-state index in [2.05, 4.69) is 4.74 Å². The fourth-order valence-electron chi connectivity index (χ4n) is 1.38. The second-order valence-electron chi connectivity index (χ2n) is 3.72. The molecular formula is C11H14FNO5S. The molecule has 1 rings (SSSR count). The minimum absolute atomic E-state index is 0.0766. The topological polar surface area (TPSA) is 92.7 Å². The molecule has 19 heavy (non-hydrogen) atoms. The minimum Gasteiger partial charge on any atom is -0.494 e. The Morgan fingerprint density at radius 2 is 2.16 bits per heavy atom. The quantitative estimate of drug-likeness (QED) is 0.815. The van der Waals surface area contributed by atoms with Gasteiger partial charge >= 0.3 is 5.97 Å². The molecule has 2 N–H and O–H groups in total. The van der Waals surface area contributed by atoms with E-state index in [9.17, 15) is 17.6 Å². The Morgan fingerprint density at radius 1 is 1.53 bits per heavy atom. The lowest BCUT2D eigenvalue weighted by atomic mass is 10.2. The molecule has 0 aromatic heterocycles. The van der Waals surface area contributed by atoms with Crippen LogP contribution in [0.5, 0.6) is 5.75 Å². The van der Waals surface area contributed by atoms with Crippen LogP contribution in [-0.4, -0.2) is 32.6 Å². The van der Waals surface area contributed by atoms with Crippen LogP contribution >= 0.6 is 0 Å². The van der Waals surface area contributed by atoms with Gasteiger partial charge in [0.2, 0.25) is 10.0 Å². The molecule has 0 radical (unpaired) electrons. The van der Waals surface area contributed by atoms with E-state index in [-0.39, 0.29) is 17.1 Å². The number of rotatable bonds is 6. The van der Waals surface area contributed by atoms with Crippen molar-refractivity contribution < 1.29 is 27.4 Å². The van der Waals surface area contributed by atoms with E-state index >= 15 is 0 Å². The SMILES string of the molecule is CCC(NS(=O)(=O)c1ccc(OC)c(F)c1)C(=O)O. The predicted molar refractivity (Wildman–Crippen MR) is 65.0 cm³/mol. The highest BCUT2D eigenvalue weighted by Gasteiger charge is 2.24. The summed E-state index contributed by atoms with van der Waals surface area (Å²) in [5.41, 5.74) is 0. The van der Waals surface area contributed by atoms with E-state index in [1.54, 1.807) is 0 Å². The van der Waals surface area contributed by atoms with Crippen molar-refractivity contribution in [3.63, 3.8) is 0 Å². The van der Waals surface area contributed by atoms with E-state index in [0.717, 1.165) is 18.2 Å². The van der Waals surface area contributed by atoms with Gasteiger partial charge in [0.1, 0.15) is 6.04 Å². The van der Waals surface area contributed by atoms with Crippen LogP contribution in [0.25, 0.3) is 0 Å². The maximum atomic E-state index is 13.4. The average molecular weight is 291 g/mol. The van der Waals surface area contributed by atoms with Crippen molar-refractivity contribution >= 4 is 16.0 Å². The Balaban J connectivity index is 3.07. The molecule has 1 aromatic rings. The van der Waals surface area contributed by atoms with Gasteiger partial charge in [-0.3, -0.25) is 4.79 Å². The lowest BCUT2D eigenvalue weighted by molar-refractivity contribution is -0.139. The summed E-state index contributed by atoms with van der Waals surface area (Å²) < 4.78 is 43.8. The number of carboxylic acid groups (broad SMARTS) is 1. The molecule has 0 aliphatic carbocycles. The third-order valence-corrected chi connectivity index (χ3v) is 3.91. The molecule has 0 amide bonds. The van der Waals surface area contributed by atoms with Crippen LogP contribution < -0.4 is 9.46 Å². The zero-order valence-corrected chi connectivity index (χ0v) is 11.2. The molecule has 1 aromatic carbocycles. The molecule has 0 aliphatic rings. The fraction of sp³-hybridized carbons (Fsp3) is 0.364. The molecule has 0 spiro atoms. The highest BCUT2D eigenvalue weighted by Crippen LogP contribution is 2.20. The molecule has 0 aliphatic heterocycles. The van der Waals surface area contributed by atoms with Gasteiger partial charge in [-0.25, -0.2) is 12.8 Å². The van der Waals surface area contributed by atoms with Crippen LogP contribution in [0.3, 0.4) is 0 Å². The van der Waals surface area contributed by atoms with Crippen molar-refractivity contribution in [1.29, 1.82) is 0 Å². The van der Waals surface area contributed by atoms with Crippen molar-refractivity contribution in [2.45, 2.75) is 24.3 Å². The van der Waals surface area contributed by atoms with Crippen molar-refractivity contribution in [2.75, 3.05) is 7.11 Å². The van der Waals surface area contributed by atoms with E-state index in [0.29, 0.717) is 0 Å². The number of carbonyl (C=O) groups is 1. The van der Waals surface area contributed by atoms with Gasteiger partial charge < -0.3 is 9.84 Å². The number of sulfonamides is 1. The fourth-order valence-corrected chi connectivity index (χ4v) is 2.66. The summed E-state index contributed by atoms with van der Waals surface area (Å²) in [5.74, 6) is -2.22. The maximum absolute atomic E-state index is 13.4. The van der Waals surface area contributed by atoms with Gasteiger partial charge in [0.05, 0.1) is 12.0 Å². The van der Waals surface area contributed by atoms with Crippen molar-refractivity contribution in [3.8, 4) is 5.75 Å². The number of methoxy groups -OCH3 is 1.